The summed E-state index contributed by atoms with van der Waals surface area (Å²) < 4.78 is 0. The summed E-state index contributed by atoms with van der Waals surface area (Å²) in [6, 6.07) is 20.7. The van der Waals surface area contributed by atoms with Crippen molar-refractivity contribution >= 4 is 46.2 Å². The number of amides is 2. The highest BCUT2D eigenvalue weighted by molar-refractivity contribution is 6.45. The number of carbonyl (C=O) groups is 2. The van der Waals surface area contributed by atoms with Crippen LogP contribution in [0.5, 0.6) is 0 Å². The Labute approximate surface area is 162 Å². The van der Waals surface area contributed by atoms with Gasteiger partial charge in [-0.05, 0) is 67.1 Å². The number of anilines is 4. The standard InChI is InChI=1S/C21H18ClN3O2/c1-14-13-15(22)7-12-19(14)24-20(26)21(27)25(17-5-3-2-4-6-17)18-10-8-16(23)9-11-18/h2-13H,23H2,1H3,(H,24,26). The summed E-state index contributed by atoms with van der Waals surface area (Å²) in [5, 5.41) is 3.21. The van der Waals surface area contributed by atoms with Crippen molar-refractivity contribution < 1.29 is 9.59 Å². The molecule has 0 heterocycles. The molecular formula is C21H18ClN3O2. The van der Waals surface area contributed by atoms with Crippen molar-refractivity contribution in [1.29, 1.82) is 0 Å². The molecule has 2 amide bonds. The lowest BCUT2D eigenvalue weighted by Gasteiger charge is -2.22. The molecule has 0 aliphatic heterocycles. The van der Waals surface area contributed by atoms with E-state index in [9.17, 15) is 9.59 Å². The van der Waals surface area contributed by atoms with E-state index in [-0.39, 0.29) is 0 Å². The fraction of sp³-hybridized carbons (Fsp3) is 0.0476. The number of rotatable bonds is 3. The molecule has 0 saturated heterocycles. The summed E-state index contributed by atoms with van der Waals surface area (Å²) in [4.78, 5) is 27.0. The second-order valence-corrected chi connectivity index (χ2v) is 6.42. The summed E-state index contributed by atoms with van der Waals surface area (Å²) in [6.07, 6.45) is 0. The Bertz CT molecular complexity index is 972. The van der Waals surface area contributed by atoms with E-state index in [1.807, 2.05) is 6.07 Å². The van der Waals surface area contributed by atoms with Crippen LogP contribution in [0.4, 0.5) is 22.7 Å². The van der Waals surface area contributed by atoms with Crippen LogP contribution in [0.25, 0.3) is 0 Å². The molecule has 0 aromatic heterocycles. The molecule has 0 aliphatic carbocycles. The van der Waals surface area contributed by atoms with Gasteiger partial charge in [0.2, 0.25) is 0 Å². The van der Waals surface area contributed by atoms with Gasteiger partial charge in [-0.15, -0.1) is 0 Å². The van der Waals surface area contributed by atoms with Crippen molar-refractivity contribution in [2.75, 3.05) is 16.0 Å². The number of aryl methyl sites for hydroxylation is 1. The Balaban J connectivity index is 1.92. The number of halogens is 1. The Morgan fingerprint density at radius 2 is 1.56 bits per heavy atom. The van der Waals surface area contributed by atoms with Gasteiger partial charge in [-0.25, -0.2) is 0 Å². The average Bonchev–Trinajstić information content (AvgIpc) is 2.66. The summed E-state index contributed by atoms with van der Waals surface area (Å²) in [6.45, 7) is 1.81. The van der Waals surface area contributed by atoms with Crippen LogP contribution in [0.2, 0.25) is 5.02 Å². The van der Waals surface area contributed by atoms with Gasteiger partial charge in [0.15, 0.2) is 0 Å². The zero-order chi connectivity index (χ0) is 19.4. The Morgan fingerprint density at radius 1 is 0.926 bits per heavy atom. The smallest absolute Gasteiger partial charge is 0.321 e. The Kier molecular flexibility index (Phi) is 5.43. The number of para-hydroxylation sites is 1. The molecule has 0 bridgehead atoms. The highest BCUT2D eigenvalue weighted by Gasteiger charge is 2.25. The summed E-state index contributed by atoms with van der Waals surface area (Å²) in [7, 11) is 0. The number of nitrogens with zero attached hydrogens (tertiary/aromatic N) is 1. The third-order valence-corrected chi connectivity index (χ3v) is 4.23. The molecule has 0 radical (unpaired) electrons. The monoisotopic (exact) mass is 379 g/mol. The molecule has 0 fully saturated rings. The molecule has 0 saturated carbocycles. The SMILES string of the molecule is Cc1cc(Cl)ccc1NC(=O)C(=O)N(c1ccccc1)c1ccc(N)cc1. The van der Waals surface area contributed by atoms with Crippen molar-refractivity contribution in [3.8, 4) is 0 Å². The van der Waals surface area contributed by atoms with Gasteiger partial charge in [0.1, 0.15) is 0 Å². The lowest BCUT2D eigenvalue weighted by atomic mass is 10.2. The van der Waals surface area contributed by atoms with Crippen LogP contribution in [0.15, 0.2) is 72.8 Å². The van der Waals surface area contributed by atoms with Crippen molar-refractivity contribution in [1.82, 2.24) is 0 Å². The first-order valence-corrected chi connectivity index (χ1v) is 8.65. The summed E-state index contributed by atoms with van der Waals surface area (Å²) in [5.74, 6) is -1.46. The maximum Gasteiger partial charge on any atom is 0.321 e. The number of benzene rings is 3. The number of nitrogen functional groups attached to an aromatic ring is 1. The Morgan fingerprint density at radius 3 is 2.19 bits per heavy atom. The van der Waals surface area contributed by atoms with E-state index in [0.717, 1.165) is 5.56 Å². The van der Waals surface area contributed by atoms with Crippen LogP contribution < -0.4 is 16.0 Å². The average molecular weight is 380 g/mol. The van der Waals surface area contributed by atoms with Gasteiger partial charge in [-0.3, -0.25) is 14.5 Å². The van der Waals surface area contributed by atoms with E-state index in [2.05, 4.69) is 5.32 Å². The molecule has 3 N–H and O–H groups in total. The third kappa shape index (κ3) is 4.27. The number of hydrogen-bond acceptors (Lipinski definition) is 3. The molecule has 27 heavy (non-hydrogen) atoms. The van der Waals surface area contributed by atoms with Gasteiger partial charge < -0.3 is 11.1 Å². The Hall–Kier alpha value is -3.31. The van der Waals surface area contributed by atoms with E-state index < -0.39 is 11.8 Å². The summed E-state index contributed by atoms with van der Waals surface area (Å²) >= 11 is 5.94. The minimum Gasteiger partial charge on any atom is -0.399 e. The second-order valence-electron chi connectivity index (χ2n) is 5.98. The van der Waals surface area contributed by atoms with E-state index in [4.69, 9.17) is 17.3 Å². The first-order valence-electron chi connectivity index (χ1n) is 8.28. The largest absolute Gasteiger partial charge is 0.399 e. The maximum absolute atomic E-state index is 13.0. The molecule has 0 aliphatic rings. The second kappa shape index (κ2) is 7.93. The molecule has 3 aromatic carbocycles. The molecule has 0 spiro atoms. The zero-order valence-electron chi connectivity index (χ0n) is 14.6. The first-order chi connectivity index (χ1) is 13.0. The molecule has 5 nitrogen and oxygen atoms in total. The van der Waals surface area contributed by atoms with Crippen LogP contribution in [0.1, 0.15) is 5.56 Å². The minimum absolute atomic E-state index is 0.531. The van der Waals surface area contributed by atoms with Gasteiger partial charge in [-0.1, -0.05) is 29.8 Å². The first kappa shape index (κ1) is 18.5. The topological polar surface area (TPSA) is 75.4 Å². The lowest BCUT2D eigenvalue weighted by molar-refractivity contribution is -0.134. The van der Waals surface area contributed by atoms with Gasteiger partial charge >= 0.3 is 11.8 Å². The van der Waals surface area contributed by atoms with Crippen molar-refractivity contribution in [2.24, 2.45) is 0 Å². The zero-order valence-corrected chi connectivity index (χ0v) is 15.4. The van der Waals surface area contributed by atoms with Gasteiger partial charge in [0, 0.05) is 27.8 Å². The molecule has 0 unspecified atom stereocenters. The fourth-order valence-electron chi connectivity index (χ4n) is 2.63. The highest BCUT2D eigenvalue weighted by atomic mass is 35.5. The van der Waals surface area contributed by atoms with Crippen molar-refractivity contribution in [3.05, 3.63) is 83.4 Å². The van der Waals surface area contributed by atoms with Gasteiger partial charge in [0.05, 0.1) is 0 Å². The van der Waals surface area contributed by atoms with Crippen molar-refractivity contribution in [3.63, 3.8) is 0 Å². The molecule has 3 rings (SSSR count). The number of carbonyl (C=O) groups excluding carboxylic acids is 2. The number of nitrogens with two attached hydrogens (primary N) is 1. The van der Waals surface area contributed by atoms with Crippen molar-refractivity contribution in [2.45, 2.75) is 6.92 Å². The fourth-order valence-corrected chi connectivity index (χ4v) is 2.86. The van der Waals surface area contributed by atoms with Crippen LogP contribution in [-0.2, 0) is 9.59 Å². The van der Waals surface area contributed by atoms with Crippen LogP contribution in [0, 0.1) is 6.92 Å². The number of hydrogen-bond donors (Lipinski definition) is 2. The van der Waals surface area contributed by atoms with E-state index >= 15 is 0 Å². The van der Waals surface area contributed by atoms with Crippen LogP contribution in [0.3, 0.4) is 0 Å². The normalized spacial score (nSPS) is 10.3. The quantitative estimate of drug-likeness (QED) is 0.518. The highest BCUT2D eigenvalue weighted by Crippen LogP contribution is 2.27. The molecule has 136 valence electrons. The predicted molar refractivity (Wildman–Crippen MR) is 109 cm³/mol. The summed E-state index contributed by atoms with van der Waals surface area (Å²) in [5.41, 5.74) is 8.73. The van der Waals surface area contributed by atoms with Crippen LogP contribution >= 0.6 is 11.6 Å². The van der Waals surface area contributed by atoms with E-state index in [0.29, 0.717) is 27.8 Å². The molecule has 3 aromatic rings. The van der Waals surface area contributed by atoms with E-state index in [1.54, 1.807) is 73.7 Å². The predicted octanol–water partition coefficient (Wildman–Crippen LogP) is 4.53. The molecule has 0 atom stereocenters. The van der Waals surface area contributed by atoms with Gasteiger partial charge in [-0.2, -0.15) is 0 Å². The van der Waals surface area contributed by atoms with Gasteiger partial charge in [0.25, 0.3) is 0 Å². The lowest BCUT2D eigenvalue weighted by Crippen LogP contribution is -2.36. The third-order valence-electron chi connectivity index (χ3n) is 4.00. The minimum atomic E-state index is -0.749. The van der Waals surface area contributed by atoms with Crippen LogP contribution in [-0.4, -0.2) is 11.8 Å². The number of nitrogens with one attached hydrogen (secondary N) is 1. The molecule has 6 heteroatoms. The maximum atomic E-state index is 13.0. The molecular weight excluding hydrogens is 362 g/mol. The van der Waals surface area contributed by atoms with E-state index in [1.165, 1.54) is 4.90 Å².